The number of nitrogens with one attached hydrogen (secondary N) is 1. The van der Waals surface area contributed by atoms with E-state index in [-0.39, 0.29) is 6.04 Å². The molecule has 3 aromatic rings. The molecule has 0 aliphatic carbocycles. The number of rotatable bonds is 3. The Labute approximate surface area is 149 Å². The van der Waals surface area contributed by atoms with Crippen LogP contribution in [0.2, 0.25) is 0 Å². The molecule has 1 N–H and O–H groups in total. The summed E-state index contributed by atoms with van der Waals surface area (Å²) in [5.74, 6) is 0.764. The molecular weight excluding hydrogens is 364 g/mol. The lowest BCUT2D eigenvalue weighted by Gasteiger charge is -2.24. The molecule has 0 fully saturated rings. The smallest absolute Gasteiger partial charge is 0.226 e. The van der Waals surface area contributed by atoms with Crippen molar-refractivity contribution in [2.24, 2.45) is 0 Å². The van der Waals surface area contributed by atoms with Gasteiger partial charge < -0.3 is 5.32 Å². The molecule has 120 valence electrons. The van der Waals surface area contributed by atoms with Crippen molar-refractivity contribution < 1.29 is 0 Å². The molecule has 4 rings (SSSR count). The molecule has 0 saturated heterocycles. The van der Waals surface area contributed by atoms with Gasteiger partial charge in [-0.15, -0.1) is 0 Å². The van der Waals surface area contributed by atoms with Gasteiger partial charge in [0, 0.05) is 10.2 Å². The third-order valence-corrected chi connectivity index (χ3v) is 4.82. The number of hydrogen-bond acceptors (Lipinski definition) is 3. The molecule has 1 atom stereocenters. The quantitative estimate of drug-likeness (QED) is 0.718. The average molecular weight is 381 g/mol. The number of aromatic nitrogens is 3. The van der Waals surface area contributed by atoms with Crippen molar-refractivity contribution in [2.45, 2.75) is 19.4 Å². The molecule has 1 aromatic heterocycles. The van der Waals surface area contributed by atoms with Gasteiger partial charge in [0.05, 0.1) is 0 Å². The van der Waals surface area contributed by atoms with Gasteiger partial charge in [-0.05, 0) is 41.3 Å². The van der Waals surface area contributed by atoms with E-state index in [0.29, 0.717) is 0 Å². The van der Waals surface area contributed by atoms with Crippen molar-refractivity contribution in [1.29, 1.82) is 0 Å². The van der Waals surface area contributed by atoms with Crippen LogP contribution in [0.1, 0.15) is 29.7 Å². The van der Waals surface area contributed by atoms with Gasteiger partial charge in [-0.2, -0.15) is 10.1 Å². The van der Waals surface area contributed by atoms with Gasteiger partial charge >= 0.3 is 0 Å². The largest absolute Gasteiger partial charge is 0.324 e. The Balaban J connectivity index is 1.76. The lowest BCUT2D eigenvalue weighted by molar-refractivity contribution is 0.612. The monoisotopic (exact) mass is 380 g/mol. The van der Waals surface area contributed by atoms with Gasteiger partial charge in [0.2, 0.25) is 5.95 Å². The van der Waals surface area contributed by atoms with Crippen LogP contribution in [0.3, 0.4) is 0 Å². The second-order valence-corrected chi connectivity index (χ2v) is 6.70. The van der Waals surface area contributed by atoms with E-state index in [1.54, 1.807) is 6.33 Å². The third-order valence-electron chi connectivity index (χ3n) is 4.29. The Bertz CT molecular complexity index is 878. The first-order valence-corrected chi connectivity index (χ1v) is 8.77. The summed E-state index contributed by atoms with van der Waals surface area (Å²) in [5, 5.41) is 7.76. The van der Waals surface area contributed by atoms with Crippen LogP contribution in [-0.2, 0) is 6.42 Å². The van der Waals surface area contributed by atoms with Crippen molar-refractivity contribution in [1.82, 2.24) is 14.8 Å². The molecule has 0 saturated carbocycles. The Morgan fingerprint density at radius 3 is 2.54 bits per heavy atom. The SMILES string of the molecule is CCc1ccc(C2=C[C@@H](c3ccc(Br)cc3)n3ncnc3N2)cc1. The highest BCUT2D eigenvalue weighted by Crippen LogP contribution is 2.32. The number of allylic oxidation sites excluding steroid dienone is 1. The van der Waals surface area contributed by atoms with Crippen LogP contribution in [0.25, 0.3) is 5.70 Å². The first kappa shape index (κ1) is 15.1. The minimum Gasteiger partial charge on any atom is -0.324 e. The second kappa shape index (κ2) is 6.24. The maximum atomic E-state index is 4.38. The summed E-state index contributed by atoms with van der Waals surface area (Å²) in [6, 6.07) is 17.0. The summed E-state index contributed by atoms with van der Waals surface area (Å²) in [6.07, 6.45) is 4.83. The van der Waals surface area contributed by atoms with Crippen molar-refractivity contribution in [2.75, 3.05) is 5.32 Å². The molecule has 1 aliphatic rings. The van der Waals surface area contributed by atoms with Crippen LogP contribution in [0, 0.1) is 0 Å². The van der Waals surface area contributed by atoms with Gasteiger partial charge in [-0.3, -0.25) is 0 Å². The van der Waals surface area contributed by atoms with Crippen LogP contribution in [-0.4, -0.2) is 14.8 Å². The van der Waals surface area contributed by atoms with E-state index in [9.17, 15) is 0 Å². The normalized spacial score (nSPS) is 16.2. The zero-order valence-electron chi connectivity index (χ0n) is 13.3. The first-order valence-electron chi connectivity index (χ1n) is 7.97. The second-order valence-electron chi connectivity index (χ2n) is 5.78. The molecule has 0 bridgehead atoms. The van der Waals surface area contributed by atoms with E-state index in [1.165, 1.54) is 11.1 Å². The third kappa shape index (κ3) is 2.76. The Hall–Kier alpha value is -2.40. The summed E-state index contributed by atoms with van der Waals surface area (Å²) in [7, 11) is 0. The summed E-state index contributed by atoms with van der Waals surface area (Å²) < 4.78 is 2.98. The van der Waals surface area contributed by atoms with E-state index < -0.39 is 0 Å². The number of anilines is 1. The van der Waals surface area contributed by atoms with Crippen molar-refractivity contribution in [3.63, 3.8) is 0 Å². The molecule has 0 radical (unpaired) electrons. The molecule has 2 aromatic carbocycles. The Morgan fingerprint density at radius 1 is 1.08 bits per heavy atom. The molecule has 0 spiro atoms. The first-order chi connectivity index (χ1) is 11.7. The molecule has 0 amide bonds. The van der Waals surface area contributed by atoms with E-state index in [2.05, 4.69) is 92.9 Å². The average Bonchev–Trinajstić information content (AvgIpc) is 3.10. The summed E-state index contributed by atoms with van der Waals surface area (Å²) in [5.41, 5.74) is 4.73. The van der Waals surface area contributed by atoms with Crippen LogP contribution in [0.4, 0.5) is 5.95 Å². The predicted molar refractivity (Wildman–Crippen MR) is 99.7 cm³/mol. The van der Waals surface area contributed by atoms with E-state index in [0.717, 1.165) is 28.1 Å². The predicted octanol–water partition coefficient (Wildman–Crippen LogP) is 4.66. The molecule has 1 aliphatic heterocycles. The van der Waals surface area contributed by atoms with Crippen molar-refractivity contribution in [3.8, 4) is 0 Å². The molecule has 0 unspecified atom stereocenters. The zero-order valence-corrected chi connectivity index (χ0v) is 14.9. The van der Waals surface area contributed by atoms with E-state index in [1.807, 2.05) is 4.68 Å². The topological polar surface area (TPSA) is 42.7 Å². The molecule has 24 heavy (non-hydrogen) atoms. The summed E-state index contributed by atoms with van der Waals surface area (Å²) in [4.78, 5) is 4.35. The Kier molecular flexibility index (Phi) is 3.94. The van der Waals surface area contributed by atoms with E-state index >= 15 is 0 Å². The van der Waals surface area contributed by atoms with Crippen LogP contribution >= 0.6 is 15.9 Å². The number of nitrogens with zero attached hydrogens (tertiary/aromatic N) is 3. The highest BCUT2D eigenvalue weighted by molar-refractivity contribution is 9.10. The molecular formula is C19H17BrN4. The van der Waals surface area contributed by atoms with Gasteiger partial charge in [0.25, 0.3) is 0 Å². The number of fused-ring (bicyclic) bond motifs is 1. The minimum absolute atomic E-state index is 0.0256. The Morgan fingerprint density at radius 2 is 1.83 bits per heavy atom. The maximum absolute atomic E-state index is 4.38. The van der Waals surface area contributed by atoms with Gasteiger partial charge in [-0.1, -0.05) is 59.3 Å². The highest BCUT2D eigenvalue weighted by atomic mass is 79.9. The minimum atomic E-state index is 0.0256. The standard InChI is InChI=1S/C19H17BrN4/c1-2-13-3-5-14(6-4-13)17-11-18(15-7-9-16(20)10-8-15)24-19(23-17)21-12-22-24/h3-12,18H,2H2,1H3,(H,21,22,23)/t18-/m0/s1. The fraction of sp³-hybridized carbons (Fsp3) is 0.158. The highest BCUT2D eigenvalue weighted by Gasteiger charge is 2.23. The van der Waals surface area contributed by atoms with Crippen LogP contribution < -0.4 is 5.32 Å². The number of hydrogen-bond donors (Lipinski definition) is 1. The lowest BCUT2D eigenvalue weighted by atomic mass is 10.0. The fourth-order valence-corrected chi connectivity index (χ4v) is 3.18. The van der Waals surface area contributed by atoms with Crippen LogP contribution in [0.5, 0.6) is 0 Å². The summed E-state index contributed by atoms with van der Waals surface area (Å²) in [6.45, 7) is 2.17. The van der Waals surface area contributed by atoms with E-state index in [4.69, 9.17) is 0 Å². The molecule has 4 nitrogen and oxygen atoms in total. The van der Waals surface area contributed by atoms with Gasteiger partial charge in [0.15, 0.2) is 0 Å². The molecule has 2 heterocycles. The van der Waals surface area contributed by atoms with Crippen molar-refractivity contribution in [3.05, 3.63) is 82.1 Å². The lowest BCUT2D eigenvalue weighted by Crippen LogP contribution is -2.20. The molecule has 5 heteroatoms. The summed E-state index contributed by atoms with van der Waals surface area (Å²) >= 11 is 3.49. The number of aryl methyl sites for hydroxylation is 1. The number of benzene rings is 2. The zero-order chi connectivity index (χ0) is 16.5. The maximum Gasteiger partial charge on any atom is 0.226 e. The number of halogens is 1. The fourth-order valence-electron chi connectivity index (χ4n) is 2.92. The van der Waals surface area contributed by atoms with Crippen molar-refractivity contribution >= 4 is 27.6 Å². The van der Waals surface area contributed by atoms with Gasteiger partial charge in [-0.25, -0.2) is 4.68 Å². The van der Waals surface area contributed by atoms with Crippen LogP contribution in [0.15, 0.2) is 65.4 Å². The van der Waals surface area contributed by atoms with Gasteiger partial charge in [0.1, 0.15) is 12.4 Å².